The van der Waals surface area contributed by atoms with Crippen molar-refractivity contribution in [2.75, 3.05) is 32.5 Å². The van der Waals surface area contributed by atoms with Gasteiger partial charge in [-0.1, -0.05) is 19.4 Å². The number of hydrogen-bond acceptors (Lipinski definition) is 3. The van der Waals surface area contributed by atoms with E-state index < -0.39 is 0 Å². The molecule has 0 radical (unpaired) electrons. The summed E-state index contributed by atoms with van der Waals surface area (Å²) in [5.41, 5.74) is 6.43. The fourth-order valence-electron chi connectivity index (χ4n) is 1.67. The van der Waals surface area contributed by atoms with Gasteiger partial charge in [0.25, 0.3) is 0 Å². The Morgan fingerprint density at radius 2 is 2.00 bits per heavy atom. The maximum atomic E-state index is 5.68. The van der Waals surface area contributed by atoms with Crippen molar-refractivity contribution in [1.29, 1.82) is 0 Å². The van der Waals surface area contributed by atoms with E-state index in [-0.39, 0.29) is 0 Å². The number of hydrogen-bond donors (Lipinski definition) is 1. The van der Waals surface area contributed by atoms with Crippen LogP contribution in [0.25, 0.3) is 0 Å². The molecule has 0 atom stereocenters. The molecule has 0 aliphatic carbocycles. The molecule has 1 aromatic carbocycles. The molecule has 0 saturated heterocycles. The molecule has 0 spiro atoms. The number of nitrogens with two attached hydrogens (primary N) is 1. The largest absolute Gasteiger partial charge is 0.493 e. The van der Waals surface area contributed by atoms with Crippen LogP contribution in [0.15, 0.2) is 24.3 Å². The van der Waals surface area contributed by atoms with Crippen molar-refractivity contribution >= 4 is 5.69 Å². The summed E-state index contributed by atoms with van der Waals surface area (Å²) in [5, 5.41) is 0. The van der Waals surface area contributed by atoms with E-state index in [9.17, 15) is 0 Å². The minimum Gasteiger partial charge on any atom is -0.493 e. The quantitative estimate of drug-likeness (QED) is 0.557. The Bertz CT molecular complexity index is 315. The van der Waals surface area contributed by atoms with E-state index in [2.05, 4.69) is 18.9 Å². The SMILES string of the molecule is CCCCN(C)CCCOc1cccc(N)c1. The highest BCUT2D eigenvalue weighted by Gasteiger charge is 1.98. The lowest BCUT2D eigenvalue weighted by Crippen LogP contribution is -2.22. The number of ether oxygens (including phenoxy) is 1. The van der Waals surface area contributed by atoms with E-state index in [1.165, 1.54) is 19.4 Å². The maximum absolute atomic E-state index is 5.68. The summed E-state index contributed by atoms with van der Waals surface area (Å²) in [6.07, 6.45) is 3.58. The molecular formula is C14H24N2O. The van der Waals surface area contributed by atoms with Crippen LogP contribution in [-0.2, 0) is 0 Å². The third-order valence-corrected chi connectivity index (χ3v) is 2.70. The maximum Gasteiger partial charge on any atom is 0.121 e. The Balaban J connectivity index is 2.11. The zero-order chi connectivity index (χ0) is 12.5. The summed E-state index contributed by atoms with van der Waals surface area (Å²) in [7, 11) is 2.16. The molecule has 0 amide bonds. The minimum atomic E-state index is 0.750. The topological polar surface area (TPSA) is 38.5 Å². The lowest BCUT2D eigenvalue weighted by molar-refractivity contribution is 0.261. The first kappa shape index (κ1) is 13.8. The molecule has 17 heavy (non-hydrogen) atoms. The fraction of sp³-hybridized carbons (Fsp3) is 0.571. The highest BCUT2D eigenvalue weighted by Crippen LogP contribution is 2.14. The van der Waals surface area contributed by atoms with Gasteiger partial charge in [-0.3, -0.25) is 0 Å². The van der Waals surface area contributed by atoms with Gasteiger partial charge in [-0.2, -0.15) is 0 Å². The van der Waals surface area contributed by atoms with Crippen molar-refractivity contribution in [3.8, 4) is 5.75 Å². The van der Waals surface area contributed by atoms with E-state index in [0.717, 1.165) is 31.0 Å². The molecule has 0 fully saturated rings. The van der Waals surface area contributed by atoms with Crippen LogP contribution in [0.5, 0.6) is 5.75 Å². The van der Waals surface area contributed by atoms with Gasteiger partial charge in [-0.25, -0.2) is 0 Å². The Morgan fingerprint density at radius 1 is 1.24 bits per heavy atom. The Hall–Kier alpha value is -1.22. The second-order valence-corrected chi connectivity index (χ2v) is 4.43. The summed E-state index contributed by atoms with van der Waals surface area (Å²) in [6.45, 7) is 5.23. The first-order valence-electron chi connectivity index (χ1n) is 6.39. The Morgan fingerprint density at radius 3 is 2.71 bits per heavy atom. The average molecular weight is 236 g/mol. The van der Waals surface area contributed by atoms with Gasteiger partial charge in [0.1, 0.15) is 5.75 Å². The summed E-state index contributed by atoms with van der Waals surface area (Å²) < 4.78 is 5.64. The lowest BCUT2D eigenvalue weighted by Gasteiger charge is -2.16. The van der Waals surface area contributed by atoms with Crippen molar-refractivity contribution in [3.63, 3.8) is 0 Å². The monoisotopic (exact) mass is 236 g/mol. The van der Waals surface area contributed by atoms with Gasteiger partial charge in [0.05, 0.1) is 6.61 Å². The molecule has 2 N–H and O–H groups in total. The van der Waals surface area contributed by atoms with Crippen molar-refractivity contribution in [3.05, 3.63) is 24.3 Å². The minimum absolute atomic E-state index is 0.750. The van der Waals surface area contributed by atoms with Gasteiger partial charge in [0.15, 0.2) is 0 Å². The predicted octanol–water partition coefficient (Wildman–Crippen LogP) is 2.77. The number of benzene rings is 1. The summed E-state index contributed by atoms with van der Waals surface area (Å²) in [5.74, 6) is 0.862. The van der Waals surface area contributed by atoms with Crippen LogP contribution in [0.1, 0.15) is 26.2 Å². The molecule has 1 rings (SSSR count). The van der Waals surface area contributed by atoms with Crippen molar-refractivity contribution in [2.45, 2.75) is 26.2 Å². The van der Waals surface area contributed by atoms with E-state index in [4.69, 9.17) is 10.5 Å². The molecule has 0 aliphatic rings. The molecule has 1 aromatic rings. The van der Waals surface area contributed by atoms with Crippen molar-refractivity contribution in [1.82, 2.24) is 4.90 Å². The highest BCUT2D eigenvalue weighted by molar-refractivity contribution is 5.43. The molecule has 0 saturated carbocycles. The van der Waals surface area contributed by atoms with Gasteiger partial charge in [0.2, 0.25) is 0 Å². The van der Waals surface area contributed by atoms with E-state index in [1.54, 1.807) is 0 Å². The third-order valence-electron chi connectivity index (χ3n) is 2.70. The third kappa shape index (κ3) is 6.17. The number of nitrogen functional groups attached to an aromatic ring is 1. The smallest absolute Gasteiger partial charge is 0.121 e. The Labute approximate surface area is 105 Å². The van der Waals surface area contributed by atoms with Gasteiger partial charge in [-0.15, -0.1) is 0 Å². The van der Waals surface area contributed by atoms with Crippen LogP contribution < -0.4 is 10.5 Å². The van der Waals surface area contributed by atoms with Crippen LogP contribution in [0.3, 0.4) is 0 Å². The van der Waals surface area contributed by atoms with Gasteiger partial charge in [-0.05, 0) is 38.6 Å². The number of anilines is 1. The molecule has 0 unspecified atom stereocenters. The van der Waals surface area contributed by atoms with Gasteiger partial charge >= 0.3 is 0 Å². The molecule has 0 heterocycles. The second kappa shape index (κ2) is 7.96. The van der Waals surface area contributed by atoms with E-state index in [0.29, 0.717) is 0 Å². The highest BCUT2D eigenvalue weighted by atomic mass is 16.5. The van der Waals surface area contributed by atoms with E-state index >= 15 is 0 Å². The number of unbranched alkanes of at least 4 members (excludes halogenated alkanes) is 1. The van der Waals surface area contributed by atoms with Crippen LogP contribution >= 0.6 is 0 Å². The zero-order valence-corrected chi connectivity index (χ0v) is 11.0. The van der Waals surface area contributed by atoms with Crippen LogP contribution in [0.4, 0.5) is 5.69 Å². The van der Waals surface area contributed by atoms with Crippen LogP contribution in [-0.4, -0.2) is 31.6 Å². The second-order valence-electron chi connectivity index (χ2n) is 4.43. The van der Waals surface area contributed by atoms with Gasteiger partial charge < -0.3 is 15.4 Å². The van der Waals surface area contributed by atoms with Crippen LogP contribution in [0.2, 0.25) is 0 Å². The van der Waals surface area contributed by atoms with E-state index in [1.807, 2.05) is 24.3 Å². The van der Waals surface area contributed by atoms with Crippen molar-refractivity contribution in [2.24, 2.45) is 0 Å². The fourth-order valence-corrected chi connectivity index (χ4v) is 1.67. The lowest BCUT2D eigenvalue weighted by atomic mass is 10.3. The molecule has 3 nitrogen and oxygen atoms in total. The standard InChI is InChI=1S/C14H24N2O/c1-3-4-9-16(2)10-6-11-17-14-8-5-7-13(15)12-14/h5,7-8,12H,3-4,6,9-11,15H2,1-2H3. The molecular weight excluding hydrogens is 212 g/mol. The Kier molecular flexibility index (Phi) is 6.48. The van der Waals surface area contributed by atoms with Crippen LogP contribution in [0, 0.1) is 0 Å². The average Bonchev–Trinajstić information content (AvgIpc) is 2.32. The molecule has 0 bridgehead atoms. The summed E-state index contributed by atoms with van der Waals surface area (Å²) >= 11 is 0. The summed E-state index contributed by atoms with van der Waals surface area (Å²) in [4.78, 5) is 2.35. The first-order valence-corrected chi connectivity index (χ1v) is 6.39. The zero-order valence-electron chi connectivity index (χ0n) is 11.0. The molecule has 0 aromatic heterocycles. The predicted molar refractivity (Wildman–Crippen MR) is 73.4 cm³/mol. The first-order chi connectivity index (χ1) is 8.22. The molecule has 96 valence electrons. The van der Waals surface area contributed by atoms with Gasteiger partial charge in [0, 0.05) is 18.3 Å². The van der Waals surface area contributed by atoms with Crippen molar-refractivity contribution < 1.29 is 4.74 Å². The summed E-state index contributed by atoms with van der Waals surface area (Å²) in [6, 6.07) is 7.58. The molecule has 3 heteroatoms. The number of nitrogens with zero attached hydrogens (tertiary/aromatic N) is 1. The normalized spacial score (nSPS) is 10.8. The number of rotatable bonds is 8. The molecule has 0 aliphatic heterocycles.